The molecule has 0 aliphatic rings. The van der Waals surface area contributed by atoms with Gasteiger partial charge in [0.25, 0.3) is 0 Å². The second-order valence-corrected chi connectivity index (χ2v) is 5.01. The summed E-state index contributed by atoms with van der Waals surface area (Å²) < 4.78 is 31.1. The fourth-order valence-corrected chi connectivity index (χ4v) is 2.53. The van der Waals surface area contributed by atoms with E-state index in [0.29, 0.717) is 24.6 Å². The SMILES string of the molecule is CNCCNS(=O)(=O)c1cc(C)oc1C.Cl. The van der Waals surface area contributed by atoms with Crippen molar-refractivity contribution in [2.75, 3.05) is 20.1 Å². The van der Waals surface area contributed by atoms with Gasteiger partial charge in [-0.15, -0.1) is 12.4 Å². The number of halogens is 1. The molecule has 0 radical (unpaired) electrons. The molecule has 0 amide bonds. The number of likely N-dealkylation sites (N-methyl/N-ethyl adjacent to an activating group) is 1. The Hall–Kier alpha value is -0.560. The van der Waals surface area contributed by atoms with Crippen molar-refractivity contribution in [1.82, 2.24) is 10.0 Å². The van der Waals surface area contributed by atoms with E-state index in [1.54, 1.807) is 20.9 Å². The van der Waals surface area contributed by atoms with Crippen molar-refractivity contribution >= 4 is 22.4 Å². The van der Waals surface area contributed by atoms with E-state index in [2.05, 4.69) is 10.0 Å². The lowest BCUT2D eigenvalue weighted by Gasteiger charge is -2.04. The zero-order valence-corrected chi connectivity index (χ0v) is 11.2. The molecule has 5 nitrogen and oxygen atoms in total. The Morgan fingerprint density at radius 1 is 1.31 bits per heavy atom. The van der Waals surface area contributed by atoms with Gasteiger partial charge < -0.3 is 9.73 Å². The number of rotatable bonds is 5. The topological polar surface area (TPSA) is 71.3 Å². The predicted molar refractivity (Wildman–Crippen MR) is 64.5 cm³/mol. The Kier molecular flexibility index (Phi) is 6.02. The summed E-state index contributed by atoms with van der Waals surface area (Å²) in [7, 11) is -1.66. The zero-order chi connectivity index (χ0) is 11.5. The summed E-state index contributed by atoms with van der Waals surface area (Å²) >= 11 is 0. The fraction of sp³-hybridized carbons (Fsp3) is 0.556. The summed E-state index contributed by atoms with van der Waals surface area (Å²) in [5.74, 6) is 1.02. The smallest absolute Gasteiger partial charge is 0.244 e. The Morgan fingerprint density at radius 3 is 2.38 bits per heavy atom. The maximum atomic E-state index is 11.7. The minimum atomic E-state index is -3.43. The predicted octanol–water partition coefficient (Wildman–Crippen LogP) is 0.816. The average Bonchev–Trinajstić information content (AvgIpc) is 2.46. The number of aryl methyl sites for hydroxylation is 2. The zero-order valence-electron chi connectivity index (χ0n) is 9.53. The molecule has 0 bridgehead atoms. The van der Waals surface area contributed by atoms with Gasteiger partial charge in [-0.25, -0.2) is 13.1 Å². The van der Waals surface area contributed by atoms with E-state index in [-0.39, 0.29) is 17.3 Å². The van der Waals surface area contributed by atoms with E-state index in [0.717, 1.165) is 0 Å². The third-order valence-electron chi connectivity index (χ3n) is 1.95. The molecule has 1 heterocycles. The molecule has 0 fully saturated rings. The highest BCUT2D eigenvalue weighted by Crippen LogP contribution is 2.18. The lowest BCUT2D eigenvalue weighted by molar-refractivity contribution is 0.495. The third kappa shape index (κ3) is 3.79. The Balaban J connectivity index is 0.00000225. The molecule has 94 valence electrons. The molecule has 0 aliphatic heterocycles. The number of hydrogen-bond donors (Lipinski definition) is 2. The molecule has 0 spiro atoms. The molecule has 1 aromatic heterocycles. The van der Waals surface area contributed by atoms with Gasteiger partial charge in [-0.2, -0.15) is 0 Å². The van der Waals surface area contributed by atoms with Crippen molar-refractivity contribution in [3.05, 3.63) is 17.6 Å². The van der Waals surface area contributed by atoms with Gasteiger partial charge in [0.1, 0.15) is 16.4 Å². The molecule has 0 saturated carbocycles. The second kappa shape index (κ2) is 6.24. The van der Waals surface area contributed by atoms with E-state index in [1.807, 2.05) is 0 Å². The van der Waals surface area contributed by atoms with Crippen LogP contribution in [0.15, 0.2) is 15.4 Å². The Labute approximate surface area is 102 Å². The third-order valence-corrected chi connectivity index (χ3v) is 3.52. The molecule has 1 aromatic rings. The van der Waals surface area contributed by atoms with Crippen LogP contribution in [0.2, 0.25) is 0 Å². The van der Waals surface area contributed by atoms with E-state index in [9.17, 15) is 8.42 Å². The van der Waals surface area contributed by atoms with Crippen LogP contribution < -0.4 is 10.0 Å². The lowest BCUT2D eigenvalue weighted by atomic mass is 10.4. The van der Waals surface area contributed by atoms with Crippen LogP contribution in [-0.4, -0.2) is 28.6 Å². The molecule has 2 N–H and O–H groups in total. The van der Waals surface area contributed by atoms with Gasteiger partial charge in [-0.1, -0.05) is 0 Å². The standard InChI is InChI=1S/C9H16N2O3S.ClH/c1-7-6-9(8(2)14-7)15(12,13)11-5-4-10-3;/h6,10-11H,4-5H2,1-3H3;1H. The molecule has 7 heteroatoms. The molecule has 16 heavy (non-hydrogen) atoms. The molecular weight excluding hydrogens is 252 g/mol. The average molecular weight is 269 g/mol. The minimum absolute atomic E-state index is 0. The minimum Gasteiger partial charge on any atom is -0.465 e. The highest BCUT2D eigenvalue weighted by molar-refractivity contribution is 7.89. The van der Waals surface area contributed by atoms with Gasteiger partial charge in [-0.3, -0.25) is 0 Å². The van der Waals surface area contributed by atoms with Crippen molar-refractivity contribution in [2.24, 2.45) is 0 Å². The Morgan fingerprint density at radius 2 is 1.94 bits per heavy atom. The monoisotopic (exact) mass is 268 g/mol. The van der Waals surface area contributed by atoms with Gasteiger partial charge in [0, 0.05) is 13.1 Å². The Bertz CT molecular complexity index is 428. The highest BCUT2D eigenvalue weighted by Gasteiger charge is 2.19. The van der Waals surface area contributed by atoms with Crippen LogP contribution in [0.4, 0.5) is 0 Å². The van der Waals surface area contributed by atoms with E-state index >= 15 is 0 Å². The molecule has 0 atom stereocenters. The van der Waals surface area contributed by atoms with Crippen molar-refractivity contribution < 1.29 is 12.8 Å². The van der Waals surface area contributed by atoms with Crippen LogP contribution in [0.25, 0.3) is 0 Å². The van der Waals surface area contributed by atoms with Gasteiger partial charge in [0.2, 0.25) is 10.0 Å². The van der Waals surface area contributed by atoms with Crippen LogP contribution in [-0.2, 0) is 10.0 Å². The van der Waals surface area contributed by atoms with Crippen LogP contribution >= 0.6 is 12.4 Å². The number of furan rings is 1. The molecule has 1 rings (SSSR count). The molecule has 0 saturated heterocycles. The van der Waals surface area contributed by atoms with Gasteiger partial charge in [0.15, 0.2) is 0 Å². The molecular formula is C9H17ClN2O3S. The van der Waals surface area contributed by atoms with Crippen molar-refractivity contribution in [3.8, 4) is 0 Å². The van der Waals surface area contributed by atoms with Gasteiger partial charge in [-0.05, 0) is 27.0 Å². The maximum Gasteiger partial charge on any atom is 0.244 e. The largest absolute Gasteiger partial charge is 0.465 e. The first-order valence-electron chi connectivity index (χ1n) is 4.68. The maximum absolute atomic E-state index is 11.7. The van der Waals surface area contributed by atoms with Gasteiger partial charge >= 0.3 is 0 Å². The number of sulfonamides is 1. The quantitative estimate of drug-likeness (QED) is 0.776. The normalized spacial score (nSPS) is 11.2. The fourth-order valence-electron chi connectivity index (χ4n) is 1.26. The van der Waals surface area contributed by atoms with Crippen LogP contribution in [0.1, 0.15) is 11.5 Å². The summed E-state index contributed by atoms with van der Waals surface area (Å²) in [6.07, 6.45) is 0. The van der Waals surface area contributed by atoms with Crippen molar-refractivity contribution in [1.29, 1.82) is 0 Å². The summed E-state index contributed by atoms with van der Waals surface area (Å²) in [5.41, 5.74) is 0. The summed E-state index contributed by atoms with van der Waals surface area (Å²) in [6.45, 7) is 4.32. The van der Waals surface area contributed by atoms with Gasteiger partial charge in [0.05, 0.1) is 0 Å². The summed E-state index contributed by atoms with van der Waals surface area (Å²) in [6, 6.07) is 1.52. The van der Waals surface area contributed by atoms with Crippen molar-refractivity contribution in [3.63, 3.8) is 0 Å². The first-order valence-corrected chi connectivity index (χ1v) is 6.17. The second-order valence-electron chi connectivity index (χ2n) is 3.28. The number of hydrogen-bond acceptors (Lipinski definition) is 4. The summed E-state index contributed by atoms with van der Waals surface area (Å²) in [5, 5.41) is 2.86. The van der Waals surface area contributed by atoms with Crippen molar-refractivity contribution in [2.45, 2.75) is 18.7 Å². The first-order chi connectivity index (χ1) is 6.97. The van der Waals surface area contributed by atoms with Crippen LogP contribution in [0.5, 0.6) is 0 Å². The van der Waals surface area contributed by atoms with Crippen LogP contribution in [0, 0.1) is 13.8 Å². The summed E-state index contributed by atoms with van der Waals surface area (Å²) in [4.78, 5) is 0.219. The lowest BCUT2D eigenvalue weighted by Crippen LogP contribution is -2.30. The van der Waals surface area contributed by atoms with E-state index in [4.69, 9.17) is 4.42 Å². The number of nitrogens with one attached hydrogen (secondary N) is 2. The molecule has 0 aliphatic carbocycles. The van der Waals surface area contributed by atoms with Crippen LogP contribution in [0.3, 0.4) is 0 Å². The molecule has 0 aromatic carbocycles. The van der Waals surface area contributed by atoms with E-state index < -0.39 is 10.0 Å². The van der Waals surface area contributed by atoms with E-state index in [1.165, 1.54) is 6.07 Å². The first kappa shape index (κ1) is 15.4. The molecule has 0 unspecified atom stereocenters. The highest BCUT2D eigenvalue weighted by atomic mass is 35.5.